The average Bonchev–Trinajstić information content (AvgIpc) is 2.66. The van der Waals surface area contributed by atoms with Crippen molar-refractivity contribution in [1.29, 1.82) is 0 Å². The van der Waals surface area contributed by atoms with Crippen LogP contribution in [0.3, 0.4) is 0 Å². The van der Waals surface area contributed by atoms with E-state index in [-0.39, 0.29) is 17.6 Å². The fourth-order valence-electron chi connectivity index (χ4n) is 3.09. The lowest BCUT2D eigenvalue weighted by Crippen LogP contribution is -2.45. The molecule has 2 aliphatic heterocycles. The minimum atomic E-state index is -0.375. The first-order valence-corrected chi connectivity index (χ1v) is 7.64. The molecule has 0 radical (unpaired) electrons. The molecular formula is C15H28N2O2. The first-order chi connectivity index (χ1) is 8.98. The van der Waals surface area contributed by atoms with Gasteiger partial charge in [-0.25, -0.2) is 0 Å². The zero-order valence-electron chi connectivity index (χ0n) is 12.7. The number of hydrogen-bond acceptors (Lipinski definition) is 3. The van der Waals surface area contributed by atoms with E-state index in [2.05, 4.69) is 31.0 Å². The zero-order valence-corrected chi connectivity index (χ0v) is 12.7. The predicted octanol–water partition coefficient (Wildman–Crippen LogP) is 2.00. The maximum Gasteiger partial charge on any atom is 0.243 e. The van der Waals surface area contributed by atoms with Gasteiger partial charge in [0.25, 0.3) is 0 Å². The Kier molecular flexibility index (Phi) is 4.51. The minimum absolute atomic E-state index is 0.181. The van der Waals surface area contributed by atoms with Crippen molar-refractivity contribution in [3.05, 3.63) is 0 Å². The van der Waals surface area contributed by atoms with Crippen LogP contribution in [0.25, 0.3) is 0 Å². The minimum Gasteiger partial charge on any atom is -0.381 e. The SMILES string of the molecule is CCC1(C)NC(C(C)C)N(CC2CCOCC2)C1=O. The van der Waals surface area contributed by atoms with E-state index in [1.807, 2.05) is 6.92 Å². The summed E-state index contributed by atoms with van der Waals surface area (Å²) in [6, 6.07) is 0. The first-order valence-electron chi connectivity index (χ1n) is 7.64. The Morgan fingerprint density at radius 1 is 1.42 bits per heavy atom. The molecule has 0 bridgehead atoms. The highest BCUT2D eigenvalue weighted by molar-refractivity contribution is 5.88. The number of hydrogen-bond donors (Lipinski definition) is 1. The van der Waals surface area contributed by atoms with E-state index in [0.29, 0.717) is 11.8 Å². The lowest BCUT2D eigenvalue weighted by Gasteiger charge is -2.32. The molecule has 0 aromatic rings. The molecule has 2 rings (SSSR count). The second-order valence-electron chi connectivity index (χ2n) is 6.53. The van der Waals surface area contributed by atoms with Crippen LogP contribution in [0.4, 0.5) is 0 Å². The largest absolute Gasteiger partial charge is 0.381 e. The topological polar surface area (TPSA) is 41.6 Å². The van der Waals surface area contributed by atoms with Crippen LogP contribution in [0.1, 0.15) is 47.0 Å². The van der Waals surface area contributed by atoms with Crippen LogP contribution >= 0.6 is 0 Å². The van der Waals surface area contributed by atoms with Crippen LogP contribution in [0, 0.1) is 11.8 Å². The van der Waals surface area contributed by atoms with Gasteiger partial charge in [0.15, 0.2) is 0 Å². The van der Waals surface area contributed by atoms with Gasteiger partial charge in [-0.15, -0.1) is 0 Å². The van der Waals surface area contributed by atoms with Crippen LogP contribution in [0.2, 0.25) is 0 Å². The predicted molar refractivity (Wildman–Crippen MR) is 75.7 cm³/mol. The molecule has 19 heavy (non-hydrogen) atoms. The Labute approximate surface area is 116 Å². The van der Waals surface area contributed by atoms with Gasteiger partial charge in [-0.1, -0.05) is 20.8 Å². The summed E-state index contributed by atoms with van der Waals surface area (Å²) in [6.45, 7) is 11.1. The second kappa shape index (κ2) is 5.80. The quantitative estimate of drug-likeness (QED) is 0.848. The van der Waals surface area contributed by atoms with Crippen molar-refractivity contribution in [1.82, 2.24) is 10.2 Å². The number of nitrogens with one attached hydrogen (secondary N) is 1. The molecule has 4 heteroatoms. The van der Waals surface area contributed by atoms with Gasteiger partial charge in [0, 0.05) is 19.8 Å². The molecular weight excluding hydrogens is 240 g/mol. The van der Waals surface area contributed by atoms with Crippen LogP contribution in [-0.4, -0.2) is 42.3 Å². The molecule has 2 fully saturated rings. The molecule has 2 aliphatic rings. The van der Waals surface area contributed by atoms with Gasteiger partial charge in [-0.3, -0.25) is 10.1 Å². The lowest BCUT2D eigenvalue weighted by atomic mass is 9.97. The molecule has 1 amide bonds. The van der Waals surface area contributed by atoms with Crippen molar-refractivity contribution in [2.45, 2.75) is 58.7 Å². The maximum atomic E-state index is 12.7. The summed E-state index contributed by atoms with van der Waals surface area (Å²) in [5.74, 6) is 1.32. The molecule has 0 aromatic heterocycles. The highest BCUT2D eigenvalue weighted by Gasteiger charge is 2.47. The fourth-order valence-corrected chi connectivity index (χ4v) is 3.09. The molecule has 2 heterocycles. The summed E-state index contributed by atoms with van der Waals surface area (Å²) in [5, 5.41) is 3.55. The summed E-state index contributed by atoms with van der Waals surface area (Å²) in [6.07, 6.45) is 3.19. The summed E-state index contributed by atoms with van der Waals surface area (Å²) in [4.78, 5) is 14.8. The Hall–Kier alpha value is -0.610. The summed E-state index contributed by atoms with van der Waals surface area (Å²) in [5.41, 5.74) is -0.375. The molecule has 2 unspecified atom stereocenters. The Balaban J connectivity index is 2.08. The number of ether oxygens (including phenoxy) is 1. The number of amides is 1. The van der Waals surface area contributed by atoms with Gasteiger partial charge in [0.2, 0.25) is 5.91 Å². The maximum absolute atomic E-state index is 12.7. The summed E-state index contributed by atoms with van der Waals surface area (Å²) in [7, 11) is 0. The van der Waals surface area contributed by atoms with E-state index >= 15 is 0 Å². The highest BCUT2D eigenvalue weighted by Crippen LogP contribution is 2.29. The summed E-state index contributed by atoms with van der Waals surface area (Å²) >= 11 is 0. The van der Waals surface area contributed by atoms with Gasteiger partial charge in [-0.05, 0) is 38.0 Å². The molecule has 110 valence electrons. The van der Waals surface area contributed by atoms with Crippen molar-refractivity contribution in [2.24, 2.45) is 11.8 Å². The van der Waals surface area contributed by atoms with Crippen LogP contribution < -0.4 is 5.32 Å². The molecule has 0 aliphatic carbocycles. The third kappa shape index (κ3) is 2.95. The Morgan fingerprint density at radius 2 is 2.05 bits per heavy atom. The first kappa shape index (κ1) is 14.8. The average molecular weight is 268 g/mol. The van der Waals surface area contributed by atoms with E-state index in [4.69, 9.17) is 4.74 Å². The van der Waals surface area contributed by atoms with E-state index < -0.39 is 0 Å². The Morgan fingerprint density at radius 3 is 2.58 bits per heavy atom. The molecule has 2 saturated heterocycles. The molecule has 4 nitrogen and oxygen atoms in total. The normalized spacial score (nSPS) is 33.4. The number of nitrogens with zero attached hydrogens (tertiary/aromatic N) is 1. The molecule has 1 N–H and O–H groups in total. The van der Waals surface area contributed by atoms with Crippen molar-refractivity contribution in [2.75, 3.05) is 19.8 Å². The Bertz CT molecular complexity index is 326. The number of rotatable bonds is 4. The fraction of sp³-hybridized carbons (Fsp3) is 0.933. The van der Waals surface area contributed by atoms with Gasteiger partial charge in [-0.2, -0.15) is 0 Å². The van der Waals surface area contributed by atoms with Gasteiger partial charge >= 0.3 is 0 Å². The molecule has 0 saturated carbocycles. The van der Waals surface area contributed by atoms with Crippen molar-refractivity contribution in [3.8, 4) is 0 Å². The van der Waals surface area contributed by atoms with Crippen molar-refractivity contribution < 1.29 is 9.53 Å². The standard InChI is InChI=1S/C15H28N2O2/c1-5-15(4)14(18)17(13(16-15)11(2)3)10-12-6-8-19-9-7-12/h11-13,16H,5-10H2,1-4H3. The van der Waals surface area contributed by atoms with E-state index in [1.54, 1.807) is 0 Å². The lowest BCUT2D eigenvalue weighted by molar-refractivity contribution is -0.134. The number of carbonyl (C=O) groups excluding carboxylic acids is 1. The van der Waals surface area contributed by atoms with Crippen molar-refractivity contribution in [3.63, 3.8) is 0 Å². The van der Waals surface area contributed by atoms with Crippen LogP contribution in [0.15, 0.2) is 0 Å². The van der Waals surface area contributed by atoms with Crippen LogP contribution in [-0.2, 0) is 9.53 Å². The van der Waals surface area contributed by atoms with E-state index in [1.165, 1.54) is 0 Å². The monoisotopic (exact) mass is 268 g/mol. The molecule has 0 spiro atoms. The zero-order chi connectivity index (χ0) is 14.0. The van der Waals surface area contributed by atoms with E-state index in [0.717, 1.165) is 39.0 Å². The second-order valence-corrected chi connectivity index (χ2v) is 6.53. The van der Waals surface area contributed by atoms with Gasteiger partial charge in [0.05, 0.1) is 11.7 Å². The van der Waals surface area contributed by atoms with Gasteiger partial charge < -0.3 is 9.64 Å². The van der Waals surface area contributed by atoms with E-state index in [9.17, 15) is 4.79 Å². The van der Waals surface area contributed by atoms with Gasteiger partial charge in [0.1, 0.15) is 0 Å². The summed E-state index contributed by atoms with van der Waals surface area (Å²) < 4.78 is 5.41. The third-order valence-corrected chi connectivity index (χ3v) is 4.67. The smallest absolute Gasteiger partial charge is 0.243 e. The molecule has 0 aromatic carbocycles. The third-order valence-electron chi connectivity index (χ3n) is 4.67. The number of carbonyl (C=O) groups is 1. The highest BCUT2D eigenvalue weighted by atomic mass is 16.5. The van der Waals surface area contributed by atoms with Crippen molar-refractivity contribution >= 4 is 5.91 Å². The van der Waals surface area contributed by atoms with Crippen LogP contribution in [0.5, 0.6) is 0 Å². The molecule has 2 atom stereocenters.